The SMILES string of the molecule is CCC1CCC([NH+](C)C)CC1.[Br-]. The first-order valence-electron chi connectivity index (χ1n) is 5.04. The number of quaternary nitrogens is 1. The fourth-order valence-corrected chi connectivity index (χ4v) is 2.15. The lowest BCUT2D eigenvalue weighted by Gasteiger charge is -2.29. The van der Waals surface area contributed by atoms with E-state index in [1.165, 1.54) is 32.1 Å². The van der Waals surface area contributed by atoms with Crippen LogP contribution in [0.5, 0.6) is 0 Å². The molecule has 1 aliphatic rings. The van der Waals surface area contributed by atoms with Gasteiger partial charge in [0.2, 0.25) is 0 Å². The van der Waals surface area contributed by atoms with Gasteiger partial charge in [0.1, 0.15) is 0 Å². The molecular formula is C10H22BrN. The molecule has 1 saturated carbocycles. The summed E-state index contributed by atoms with van der Waals surface area (Å²) in [7, 11) is 4.58. The molecule has 0 radical (unpaired) electrons. The molecule has 0 aromatic carbocycles. The molecule has 0 saturated heterocycles. The summed E-state index contributed by atoms with van der Waals surface area (Å²) in [5.74, 6) is 1.05. The zero-order valence-electron chi connectivity index (χ0n) is 8.57. The molecule has 1 rings (SSSR count). The molecule has 2 heteroatoms. The normalized spacial score (nSPS) is 30.0. The summed E-state index contributed by atoms with van der Waals surface area (Å²) < 4.78 is 0. The van der Waals surface area contributed by atoms with Crippen molar-refractivity contribution in [3.63, 3.8) is 0 Å². The van der Waals surface area contributed by atoms with E-state index in [0.717, 1.165) is 12.0 Å². The van der Waals surface area contributed by atoms with Crippen LogP contribution in [0.4, 0.5) is 0 Å². The fourth-order valence-electron chi connectivity index (χ4n) is 2.15. The van der Waals surface area contributed by atoms with Gasteiger partial charge in [0, 0.05) is 0 Å². The van der Waals surface area contributed by atoms with E-state index >= 15 is 0 Å². The highest BCUT2D eigenvalue weighted by atomic mass is 79.9. The molecule has 0 aliphatic heterocycles. The molecule has 0 aromatic rings. The van der Waals surface area contributed by atoms with Crippen LogP contribution in [0, 0.1) is 5.92 Å². The van der Waals surface area contributed by atoms with Crippen molar-refractivity contribution in [1.29, 1.82) is 0 Å². The quantitative estimate of drug-likeness (QED) is 0.571. The predicted octanol–water partition coefficient (Wildman–Crippen LogP) is -1.90. The van der Waals surface area contributed by atoms with Crippen molar-refractivity contribution in [3.8, 4) is 0 Å². The first kappa shape index (κ1) is 12.4. The minimum atomic E-state index is 0. The minimum Gasteiger partial charge on any atom is -1.00 e. The zero-order chi connectivity index (χ0) is 8.27. The van der Waals surface area contributed by atoms with Gasteiger partial charge in [-0.1, -0.05) is 13.3 Å². The number of hydrogen-bond donors (Lipinski definition) is 1. The Hall–Kier alpha value is 0.440. The van der Waals surface area contributed by atoms with Gasteiger partial charge in [-0.2, -0.15) is 0 Å². The lowest BCUT2D eigenvalue weighted by molar-refractivity contribution is -0.887. The molecule has 0 atom stereocenters. The first-order chi connectivity index (χ1) is 5.24. The van der Waals surface area contributed by atoms with Crippen LogP contribution in [-0.2, 0) is 0 Å². The van der Waals surface area contributed by atoms with E-state index in [-0.39, 0.29) is 17.0 Å². The second-order valence-corrected chi connectivity index (χ2v) is 4.20. The third kappa shape index (κ3) is 3.44. The third-order valence-corrected chi connectivity index (χ3v) is 3.24. The summed E-state index contributed by atoms with van der Waals surface area (Å²) in [5.41, 5.74) is 0. The van der Waals surface area contributed by atoms with Crippen molar-refractivity contribution in [2.45, 2.75) is 45.1 Å². The molecule has 1 nitrogen and oxygen atoms in total. The van der Waals surface area contributed by atoms with Crippen LogP contribution in [-0.4, -0.2) is 20.1 Å². The summed E-state index contributed by atoms with van der Waals surface area (Å²) in [4.78, 5) is 1.65. The van der Waals surface area contributed by atoms with Gasteiger partial charge in [-0.25, -0.2) is 0 Å². The van der Waals surface area contributed by atoms with Crippen LogP contribution in [0.25, 0.3) is 0 Å². The minimum absolute atomic E-state index is 0. The van der Waals surface area contributed by atoms with Crippen LogP contribution < -0.4 is 21.9 Å². The molecule has 0 heterocycles. The van der Waals surface area contributed by atoms with Gasteiger partial charge in [-0.3, -0.25) is 0 Å². The van der Waals surface area contributed by atoms with E-state index in [0.29, 0.717) is 0 Å². The van der Waals surface area contributed by atoms with Crippen molar-refractivity contribution < 1.29 is 21.9 Å². The molecule has 0 amide bonds. The molecule has 0 aromatic heterocycles. The predicted molar refractivity (Wildman–Crippen MR) is 48.8 cm³/mol. The first-order valence-corrected chi connectivity index (χ1v) is 5.04. The van der Waals surface area contributed by atoms with Crippen LogP contribution in [0.3, 0.4) is 0 Å². The number of rotatable bonds is 2. The van der Waals surface area contributed by atoms with Crippen molar-refractivity contribution in [1.82, 2.24) is 0 Å². The van der Waals surface area contributed by atoms with E-state index in [1.54, 1.807) is 4.90 Å². The molecule has 12 heavy (non-hydrogen) atoms. The molecule has 1 aliphatic carbocycles. The highest BCUT2D eigenvalue weighted by molar-refractivity contribution is 4.70. The van der Waals surface area contributed by atoms with Crippen LogP contribution in [0.2, 0.25) is 0 Å². The molecule has 1 N–H and O–H groups in total. The maximum absolute atomic E-state index is 2.33. The van der Waals surface area contributed by atoms with Gasteiger partial charge in [-0.05, 0) is 31.6 Å². The Morgan fingerprint density at radius 3 is 1.92 bits per heavy atom. The summed E-state index contributed by atoms with van der Waals surface area (Å²) in [5, 5.41) is 0. The smallest absolute Gasteiger partial charge is 0.0870 e. The second kappa shape index (κ2) is 5.98. The highest BCUT2D eigenvalue weighted by Gasteiger charge is 2.23. The molecule has 0 unspecified atom stereocenters. The van der Waals surface area contributed by atoms with Gasteiger partial charge in [0.15, 0.2) is 0 Å². The summed E-state index contributed by atoms with van der Waals surface area (Å²) in [6, 6.07) is 0.956. The van der Waals surface area contributed by atoms with Crippen LogP contribution in [0.15, 0.2) is 0 Å². The summed E-state index contributed by atoms with van der Waals surface area (Å²) in [6.07, 6.45) is 7.27. The van der Waals surface area contributed by atoms with E-state index in [2.05, 4.69) is 21.0 Å². The molecule has 0 spiro atoms. The highest BCUT2D eigenvalue weighted by Crippen LogP contribution is 2.24. The van der Waals surface area contributed by atoms with Crippen molar-refractivity contribution in [3.05, 3.63) is 0 Å². The Kier molecular flexibility index (Phi) is 6.20. The Balaban J connectivity index is 0.00000121. The Morgan fingerprint density at radius 2 is 1.58 bits per heavy atom. The van der Waals surface area contributed by atoms with Gasteiger partial charge >= 0.3 is 0 Å². The topological polar surface area (TPSA) is 4.44 Å². The van der Waals surface area contributed by atoms with Crippen molar-refractivity contribution in [2.24, 2.45) is 5.92 Å². The largest absolute Gasteiger partial charge is 1.00 e. The Bertz CT molecular complexity index is 106. The fraction of sp³-hybridized carbons (Fsp3) is 1.00. The summed E-state index contributed by atoms with van der Waals surface area (Å²) in [6.45, 7) is 2.33. The Labute approximate surface area is 87.3 Å². The lowest BCUT2D eigenvalue weighted by Crippen LogP contribution is -3.10. The Morgan fingerprint density at radius 1 is 1.08 bits per heavy atom. The van der Waals surface area contributed by atoms with Gasteiger partial charge < -0.3 is 21.9 Å². The number of halogens is 1. The van der Waals surface area contributed by atoms with Crippen molar-refractivity contribution >= 4 is 0 Å². The number of hydrogen-bond acceptors (Lipinski definition) is 0. The monoisotopic (exact) mass is 235 g/mol. The van der Waals surface area contributed by atoms with E-state index in [4.69, 9.17) is 0 Å². The maximum atomic E-state index is 2.33. The van der Waals surface area contributed by atoms with E-state index < -0.39 is 0 Å². The van der Waals surface area contributed by atoms with E-state index in [9.17, 15) is 0 Å². The molecule has 0 bridgehead atoms. The van der Waals surface area contributed by atoms with Crippen LogP contribution >= 0.6 is 0 Å². The molecular weight excluding hydrogens is 214 g/mol. The standard InChI is InChI=1S/C10H21N.BrH/c1-4-9-5-7-10(8-6-9)11(2)3;/h9-10H,4-8H2,1-3H3;1H. The lowest BCUT2D eigenvalue weighted by atomic mass is 9.84. The van der Waals surface area contributed by atoms with Crippen molar-refractivity contribution in [2.75, 3.05) is 14.1 Å². The van der Waals surface area contributed by atoms with Gasteiger partial charge in [0.25, 0.3) is 0 Å². The maximum Gasteiger partial charge on any atom is 0.0870 e. The number of nitrogens with one attached hydrogen (secondary N) is 1. The molecule has 74 valence electrons. The average Bonchev–Trinajstić information content (AvgIpc) is 2.05. The van der Waals surface area contributed by atoms with E-state index in [1.807, 2.05) is 0 Å². The second-order valence-electron chi connectivity index (χ2n) is 4.20. The molecule has 1 fully saturated rings. The van der Waals surface area contributed by atoms with Crippen LogP contribution in [0.1, 0.15) is 39.0 Å². The van der Waals surface area contributed by atoms with Gasteiger partial charge in [0.05, 0.1) is 20.1 Å². The third-order valence-electron chi connectivity index (χ3n) is 3.24. The summed E-state index contributed by atoms with van der Waals surface area (Å²) >= 11 is 0. The van der Waals surface area contributed by atoms with Gasteiger partial charge in [-0.15, -0.1) is 0 Å². The average molecular weight is 236 g/mol. The zero-order valence-corrected chi connectivity index (χ0v) is 10.2.